The number of thiophene rings is 1. The minimum Gasteiger partial charge on any atom is -0.492 e. The Labute approximate surface area is 216 Å². The number of carbonyl (C=O) groups excluding carboxylic acids is 2. The predicted molar refractivity (Wildman–Crippen MR) is 143 cm³/mol. The molecule has 0 fully saturated rings. The highest BCUT2D eigenvalue weighted by atomic mass is 79.9. The summed E-state index contributed by atoms with van der Waals surface area (Å²) in [4.78, 5) is 25.9. The standard InChI is InChI=1S/C25H24BrN3O3S2/c26-18-14-16(10-11-19(18)32-13-12-15-6-2-1-3-7-15)23(31)28-25(33)29-24-21(22(27)30)17-8-4-5-9-20(17)34-24/h1-3,6-7,10-11,14H,4-5,8-9,12-13H2,(H2,27,30)(H2,28,29,31,33). The molecular formula is C25H24BrN3O3S2. The van der Waals surface area contributed by atoms with Crippen LogP contribution in [0.1, 0.15) is 49.6 Å². The fourth-order valence-electron chi connectivity index (χ4n) is 3.91. The second kappa shape index (κ2) is 11.1. The second-order valence-corrected chi connectivity index (χ2v) is 10.3. The summed E-state index contributed by atoms with van der Waals surface area (Å²) in [5, 5.41) is 6.38. The summed E-state index contributed by atoms with van der Waals surface area (Å²) in [5.74, 6) is -0.192. The lowest BCUT2D eigenvalue weighted by atomic mass is 9.95. The lowest BCUT2D eigenvalue weighted by molar-refractivity contribution is 0.0975. The van der Waals surface area contributed by atoms with Crippen LogP contribution in [0.4, 0.5) is 5.00 Å². The van der Waals surface area contributed by atoms with Crippen LogP contribution in [-0.2, 0) is 19.3 Å². The fourth-order valence-corrected chi connectivity index (χ4v) is 5.96. The van der Waals surface area contributed by atoms with Crippen molar-refractivity contribution in [3.05, 3.63) is 80.1 Å². The van der Waals surface area contributed by atoms with Gasteiger partial charge in [-0.1, -0.05) is 30.3 Å². The molecule has 176 valence electrons. The van der Waals surface area contributed by atoms with Gasteiger partial charge in [-0.3, -0.25) is 14.9 Å². The van der Waals surface area contributed by atoms with Gasteiger partial charge in [0.1, 0.15) is 10.8 Å². The lowest BCUT2D eigenvalue weighted by Gasteiger charge is -2.12. The van der Waals surface area contributed by atoms with Crippen LogP contribution in [0.5, 0.6) is 5.75 Å². The van der Waals surface area contributed by atoms with Crippen molar-refractivity contribution in [2.24, 2.45) is 5.73 Å². The zero-order valence-corrected chi connectivity index (χ0v) is 21.6. The highest BCUT2D eigenvalue weighted by Crippen LogP contribution is 2.37. The van der Waals surface area contributed by atoms with E-state index in [9.17, 15) is 9.59 Å². The van der Waals surface area contributed by atoms with Crippen LogP contribution in [0.15, 0.2) is 53.0 Å². The van der Waals surface area contributed by atoms with Crippen LogP contribution in [0.2, 0.25) is 0 Å². The van der Waals surface area contributed by atoms with Gasteiger partial charge in [0.15, 0.2) is 5.11 Å². The first-order chi connectivity index (χ1) is 16.4. The molecule has 0 atom stereocenters. The first-order valence-electron chi connectivity index (χ1n) is 11.0. The molecule has 3 aromatic rings. The molecule has 6 nitrogen and oxygen atoms in total. The van der Waals surface area contributed by atoms with E-state index in [0.717, 1.165) is 42.5 Å². The highest BCUT2D eigenvalue weighted by Gasteiger charge is 2.24. The van der Waals surface area contributed by atoms with E-state index in [4.69, 9.17) is 22.7 Å². The second-order valence-electron chi connectivity index (χ2n) is 7.92. The third kappa shape index (κ3) is 5.84. The molecule has 1 heterocycles. The van der Waals surface area contributed by atoms with E-state index in [1.54, 1.807) is 18.2 Å². The van der Waals surface area contributed by atoms with Gasteiger partial charge >= 0.3 is 0 Å². The number of amides is 2. The van der Waals surface area contributed by atoms with Crippen molar-refractivity contribution in [2.75, 3.05) is 11.9 Å². The van der Waals surface area contributed by atoms with Crippen molar-refractivity contribution < 1.29 is 14.3 Å². The molecule has 0 unspecified atom stereocenters. The van der Waals surface area contributed by atoms with Gasteiger partial charge in [-0.05, 0) is 83.2 Å². The van der Waals surface area contributed by atoms with E-state index >= 15 is 0 Å². The third-order valence-electron chi connectivity index (χ3n) is 5.56. The van der Waals surface area contributed by atoms with E-state index in [2.05, 4.69) is 38.7 Å². The topological polar surface area (TPSA) is 93.5 Å². The van der Waals surface area contributed by atoms with Crippen molar-refractivity contribution in [1.82, 2.24) is 5.32 Å². The van der Waals surface area contributed by atoms with Crippen molar-refractivity contribution in [1.29, 1.82) is 0 Å². The number of benzene rings is 2. The number of hydrogen-bond donors (Lipinski definition) is 3. The van der Waals surface area contributed by atoms with Crippen LogP contribution in [-0.4, -0.2) is 23.5 Å². The Morgan fingerprint density at radius 2 is 1.88 bits per heavy atom. The monoisotopic (exact) mass is 557 g/mol. The first kappa shape index (κ1) is 24.4. The SMILES string of the molecule is NC(=O)c1c(NC(=S)NC(=O)c2ccc(OCCc3ccccc3)c(Br)c2)sc2c1CCCC2. The number of carbonyl (C=O) groups is 2. The highest BCUT2D eigenvalue weighted by molar-refractivity contribution is 9.10. The summed E-state index contributed by atoms with van der Waals surface area (Å²) in [6.07, 6.45) is 4.67. The number of fused-ring (bicyclic) bond motifs is 1. The maximum Gasteiger partial charge on any atom is 0.257 e. The summed E-state index contributed by atoms with van der Waals surface area (Å²) in [5.41, 5.74) is 8.74. The van der Waals surface area contributed by atoms with Crippen molar-refractivity contribution in [2.45, 2.75) is 32.1 Å². The molecular weight excluding hydrogens is 534 g/mol. The number of primary amides is 1. The molecule has 1 aliphatic rings. The molecule has 2 amide bonds. The van der Waals surface area contributed by atoms with E-state index in [0.29, 0.717) is 33.0 Å². The quantitative estimate of drug-likeness (QED) is 0.345. The van der Waals surface area contributed by atoms with Gasteiger partial charge in [0.2, 0.25) is 0 Å². The molecule has 0 spiro atoms. The van der Waals surface area contributed by atoms with Gasteiger partial charge < -0.3 is 15.8 Å². The number of anilines is 1. The largest absolute Gasteiger partial charge is 0.492 e. The van der Waals surface area contributed by atoms with E-state index in [1.807, 2.05) is 18.2 Å². The number of hydrogen-bond acceptors (Lipinski definition) is 5. The Hall–Kier alpha value is -2.75. The maximum absolute atomic E-state index is 12.7. The molecule has 0 saturated heterocycles. The number of nitrogens with one attached hydrogen (secondary N) is 2. The Bertz CT molecular complexity index is 1230. The Morgan fingerprint density at radius 1 is 1.12 bits per heavy atom. The first-order valence-corrected chi connectivity index (χ1v) is 13.0. The Balaban J connectivity index is 1.36. The van der Waals surface area contributed by atoms with Crippen molar-refractivity contribution in [3.63, 3.8) is 0 Å². The molecule has 9 heteroatoms. The molecule has 34 heavy (non-hydrogen) atoms. The summed E-state index contributed by atoms with van der Waals surface area (Å²) < 4.78 is 6.53. The van der Waals surface area contributed by atoms with Crippen LogP contribution < -0.4 is 21.1 Å². The fraction of sp³-hybridized carbons (Fsp3) is 0.240. The molecule has 0 aliphatic heterocycles. The summed E-state index contributed by atoms with van der Waals surface area (Å²) in [6.45, 7) is 0.523. The zero-order chi connectivity index (χ0) is 24.1. The molecule has 2 aromatic carbocycles. The van der Waals surface area contributed by atoms with Crippen molar-refractivity contribution in [3.8, 4) is 5.75 Å². The van der Waals surface area contributed by atoms with Crippen LogP contribution in [0, 0.1) is 0 Å². The minimum absolute atomic E-state index is 0.116. The number of halogens is 1. The normalized spacial score (nSPS) is 12.5. The van der Waals surface area contributed by atoms with Gasteiger partial charge in [-0.25, -0.2) is 0 Å². The van der Waals surface area contributed by atoms with E-state index in [-0.39, 0.29) is 11.0 Å². The lowest BCUT2D eigenvalue weighted by Crippen LogP contribution is -2.34. The molecule has 0 bridgehead atoms. The summed E-state index contributed by atoms with van der Waals surface area (Å²) in [7, 11) is 0. The molecule has 1 aliphatic carbocycles. The van der Waals surface area contributed by atoms with E-state index in [1.165, 1.54) is 16.9 Å². The summed E-state index contributed by atoms with van der Waals surface area (Å²) >= 11 is 10.3. The average Bonchev–Trinajstić information content (AvgIpc) is 3.18. The number of thiocarbonyl (C=S) groups is 1. The van der Waals surface area contributed by atoms with Gasteiger partial charge in [-0.2, -0.15) is 0 Å². The van der Waals surface area contributed by atoms with Gasteiger partial charge in [0, 0.05) is 16.9 Å². The Morgan fingerprint density at radius 3 is 2.62 bits per heavy atom. The van der Waals surface area contributed by atoms with Gasteiger partial charge in [-0.15, -0.1) is 11.3 Å². The van der Waals surface area contributed by atoms with Crippen LogP contribution in [0.25, 0.3) is 0 Å². The minimum atomic E-state index is -0.484. The number of aryl methyl sites for hydroxylation is 1. The molecule has 1 aromatic heterocycles. The molecule has 4 rings (SSSR count). The zero-order valence-electron chi connectivity index (χ0n) is 18.4. The van der Waals surface area contributed by atoms with Gasteiger partial charge in [0.25, 0.3) is 11.8 Å². The predicted octanol–water partition coefficient (Wildman–Crippen LogP) is 5.24. The van der Waals surface area contributed by atoms with E-state index < -0.39 is 5.91 Å². The van der Waals surface area contributed by atoms with Crippen LogP contribution >= 0.6 is 39.5 Å². The smallest absolute Gasteiger partial charge is 0.257 e. The Kier molecular flexibility index (Phi) is 7.97. The molecule has 4 N–H and O–H groups in total. The number of ether oxygens (including phenoxy) is 1. The van der Waals surface area contributed by atoms with Crippen LogP contribution in [0.3, 0.4) is 0 Å². The maximum atomic E-state index is 12.7. The number of nitrogens with two attached hydrogens (primary N) is 1. The van der Waals surface area contributed by atoms with Gasteiger partial charge in [0.05, 0.1) is 16.6 Å². The third-order valence-corrected chi connectivity index (χ3v) is 7.59. The molecule has 0 radical (unpaired) electrons. The summed E-state index contributed by atoms with van der Waals surface area (Å²) in [6, 6.07) is 15.2. The number of rotatable bonds is 7. The van der Waals surface area contributed by atoms with Crippen molar-refractivity contribution >= 4 is 61.4 Å². The average molecular weight is 559 g/mol. The molecule has 0 saturated carbocycles.